The van der Waals surface area contributed by atoms with Crippen molar-refractivity contribution in [3.63, 3.8) is 0 Å². The van der Waals surface area contributed by atoms with Gasteiger partial charge in [-0.1, -0.05) is 35.5 Å². The largest absolute Gasteiger partial charge is 0.391 e. The van der Waals surface area contributed by atoms with Crippen molar-refractivity contribution in [2.75, 3.05) is 6.54 Å². The molecule has 1 fully saturated rings. The van der Waals surface area contributed by atoms with Gasteiger partial charge in [0, 0.05) is 6.54 Å². The third kappa shape index (κ3) is 3.56. The smallest absolute Gasteiger partial charge is 0.234 e. The Balaban J connectivity index is 1.76. The highest BCUT2D eigenvalue weighted by Crippen LogP contribution is 2.07. The first-order chi connectivity index (χ1) is 8.75. The van der Waals surface area contributed by atoms with Gasteiger partial charge >= 0.3 is 0 Å². The van der Waals surface area contributed by atoms with E-state index in [2.05, 4.69) is 10.5 Å². The molecule has 0 aromatic heterocycles. The molecule has 1 aliphatic heterocycles. The third-order valence-electron chi connectivity index (χ3n) is 2.89. The Labute approximate surface area is 106 Å². The molecule has 0 saturated carbocycles. The summed E-state index contributed by atoms with van der Waals surface area (Å²) < 4.78 is 0. The molecule has 1 atom stereocenters. The Morgan fingerprint density at radius 1 is 1.44 bits per heavy atom. The van der Waals surface area contributed by atoms with Crippen LogP contribution in [0.3, 0.4) is 0 Å². The van der Waals surface area contributed by atoms with Crippen molar-refractivity contribution in [1.29, 1.82) is 0 Å². The van der Waals surface area contributed by atoms with Crippen LogP contribution in [0.25, 0.3) is 0 Å². The molecule has 0 radical (unpaired) electrons. The first-order valence-electron chi connectivity index (χ1n) is 6.00. The van der Waals surface area contributed by atoms with Crippen LogP contribution >= 0.6 is 0 Å². The Morgan fingerprint density at radius 3 is 2.83 bits per heavy atom. The number of rotatable bonds is 4. The van der Waals surface area contributed by atoms with Crippen LogP contribution in [0.15, 0.2) is 35.5 Å². The van der Waals surface area contributed by atoms with Gasteiger partial charge in [0.1, 0.15) is 6.61 Å². The molecule has 1 heterocycles. The van der Waals surface area contributed by atoms with Crippen molar-refractivity contribution in [1.82, 2.24) is 5.32 Å². The lowest BCUT2D eigenvalue weighted by molar-refractivity contribution is -0.120. The highest BCUT2D eigenvalue weighted by molar-refractivity contribution is 5.89. The first-order valence-corrected chi connectivity index (χ1v) is 6.00. The van der Waals surface area contributed by atoms with Crippen LogP contribution in [-0.4, -0.2) is 24.2 Å². The normalized spacial score (nSPS) is 21.8. The van der Waals surface area contributed by atoms with Gasteiger partial charge in [0.15, 0.2) is 0 Å². The molecular formula is C13H17N3O2. The minimum atomic E-state index is -0.306. The fourth-order valence-electron chi connectivity index (χ4n) is 1.84. The number of benzene rings is 1. The van der Waals surface area contributed by atoms with Crippen molar-refractivity contribution < 1.29 is 9.63 Å². The molecule has 5 heteroatoms. The lowest BCUT2D eigenvalue weighted by atomic mass is 10.0. The molecule has 0 aliphatic carbocycles. The molecule has 1 aliphatic rings. The maximum atomic E-state index is 10.9. The molecule has 5 nitrogen and oxygen atoms in total. The number of oxime groups is 1. The lowest BCUT2D eigenvalue weighted by Crippen LogP contribution is -2.47. The fraction of sp³-hybridized carbons (Fsp3) is 0.385. The molecule has 96 valence electrons. The van der Waals surface area contributed by atoms with E-state index in [1.165, 1.54) is 0 Å². The zero-order chi connectivity index (χ0) is 12.8. The second kappa shape index (κ2) is 6.16. The van der Waals surface area contributed by atoms with Crippen LogP contribution in [0, 0.1) is 0 Å². The Morgan fingerprint density at radius 2 is 2.22 bits per heavy atom. The molecule has 1 aromatic rings. The maximum Gasteiger partial charge on any atom is 0.234 e. The van der Waals surface area contributed by atoms with E-state index < -0.39 is 0 Å². The van der Waals surface area contributed by atoms with Crippen molar-refractivity contribution >= 4 is 11.6 Å². The number of nitrogens with one attached hydrogen (secondary N) is 1. The van der Waals surface area contributed by atoms with Gasteiger partial charge in [0.2, 0.25) is 5.91 Å². The number of primary amides is 1. The maximum absolute atomic E-state index is 10.9. The molecule has 0 bridgehead atoms. The Kier molecular flexibility index (Phi) is 4.30. The number of nitrogens with two attached hydrogens (primary N) is 1. The van der Waals surface area contributed by atoms with Gasteiger partial charge in [-0.2, -0.15) is 0 Å². The standard InChI is InChI=1S/C13H17N3O2/c14-13(17)12-7-6-11(8-15-12)16-18-9-10-4-2-1-3-5-10/h1-5,12,15H,6-9H2,(H2,14,17)/b16-11+/t12-/m0/s1. The SMILES string of the molecule is NC(=O)[C@@H]1CC/C(=N\OCc2ccccc2)CN1. The predicted octanol–water partition coefficient (Wildman–Crippen LogP) is 0.796. The minimum Gasteiger partial charge on any atom is -0.391 e. The van der Waals surface area contributed by atoms with E-state index in [4.69, 9.17) is 10.6 Å². The van der Waals surface area contributed by atoms with Gasteiger partial charge in [-0.3, -0.25) is 4.79 Å². The molecule has 1 amide bonds. The lowest BCUT2D eigenvalue weighted by Gasteiger charge is -2.21. The van der Waals surface area contributed by atoms with Crippen LogP contribution < -0.4 is 11.1 Å². The quantitative estimate of drug-likeness (QED) is 0.772. The highest BCUT2D eigenvalue weighted by Gasteiger charge is 2.21. The number of piperidine rings is 1. The second-order valence-corrected chi connectivity index (χ2v) is 4.29. The monoisotopic (exact) mass is 247 g/mol. The second-order valence-electron chi connectivity index (χ2n) is 4.29. The third-order valence-corrected chi connectivity index (χ3v) is 2.89. The van der Waals surface area contributed by atoms with E-state index in [-0.39, 0.29) is 11.9 Å². The van der Waals surface area contributed by atoms with E-state index in [9.17, 15) is 4.79 Å². The summed E-state index contributed by atoms with van der Waals surface area (Å²) in [6.07, 6.45) is 1.43. The highest BCUT2D eigenvalue weighted by atomic mass is 16.6. The summed E-state index contributed by atoms with van der Waals surface area (Å²) in [6, 6.07) is 9.63. The number of hydrogen-bond acceptors (Lipinski definition) is 4. The average Bonchev–Trinajstić information content (AvgIpc) is 2.40. The number of amides is 1. The Bertz CT molecular complexity index is 421. The zero-order valence-corrected chi connectivity index (χ0v) is 10.1. The summed E-state index contributed by atoms with van der Waals surface area (Å²) in [5.74, 6) is -0.306. The van der Waals surface area contributed by atoms with Crippen molar-refractivity contribution in [3.8, 4) is 0 Å². The van der Waals surface area contributed by atoms with Crippen LogP contribution in [-0.2, 0) is 16.2 Å². The average molecular weight is 247 g/mol. The van der Waals surface area contributed by atoms with Crippen LogP contribution in [0.1, 0.15) is 18.4 Å². The van der Waals surface area contributed by atoms with Crippen LogP contribution in [0.4, 0.5) is 0 Å². The summed E-state index contributed by atoms with van der Waals surface area (Å²) in [6.45, 7) is 1.02. The molecule has 1 saturated heterocycles. The predicted molar refractivity (Wildman–Crippen MR) is 68.9 cm³/mol. The van der Waals surface area contributed by atoms with E-state index in [0.717, 1.165) is 17.7 Å². The van der Waals surface area contributed by atoms with E-state index >= 15 is 0 Å². The number of hydrogen-bond donors (Lipinski definition) is 2. The summed E-state index contributed by atoms with van der Waals surface area (Å²) in [7, 11) is 0. The molecule has 2 rings (SSSR count). The molecular weight excluding hydrogens is 230 g/mol. The molecule has 18 heavy (non-hydrogen) atoms. The number of carbonyl (C=O) groups is 1. The fourth-order valence-corrected chi connectivity index (χ4v) is 1.84. The van der Waals surface area contributed by atoms with Gasteiger partial charge < -0.3 is 15.9 Å². The zero-order valence-electron chi connectivity index (χ0n) is 10.1. The van der Waals surface area contributed by atoms with E-state index in [0.29, 0.717) is 19.6 Å². The topological polar surface area (TPSA) is 76.7 Å². The molecule has 3 N–H and O–H groups in total. The molecule has 0 unspecified atom stereocenters. The Hall–Kier alpha value is -1.88. The van der Waals surface area contributed by atoms with Gasteiger partial charge in [-0.15, -0.1) is 0 Å². The summed E-state index contributed by atoms with van der Waals surface area (Å²) in [4.78, 5) is 16.2. The first kappa shape index (κ1) is 12.6. The van der Waals surface area contributed by atoms with Crippen molar-refractivity contribution in [3.05, 3.63) is 35.9 Å². The number of nitrogens with zero attached hydrogens (tertiary/aromatic N) is 1. The molecule has 1 aromatic carbocycles. The van der Waals surface area contributed by atoms with E-state index in [1.807, 2.05) is 30.3 Å². The van der Waals surface area contributed by atoms with Crippen molar-refractivity contribution in [2.24, 2.45) is 10.9 Å². The minimum absolute atomic E-state index is 0.238. The summed E-state index contributed by atoms with van der Waals surface area (Å²) in [5, 5.41) is 7.11. The van der Waals surface area contributed by atoms with Gasteiger partial charge in [-0.25, -0.2) is 0 Å². The summed E-state index contributed by atoms with van der Waals surface area (Å²) >= 11 is 0. The van der Waals surface area contributed by atoms with Crippen LogP contribution in [0.5, 0.6) is 0 Å². The van der Waals surface area contributed by atoms with E-state index in [1.54, 1.807) is 0 Å². The van der Waals surface area contributed by atoms with Gasteiger partial charge in [0.25, 0.3) is 0 Å². The van der Waals surface area contributed by atoms with Gasteiger partial charge in [0.05, 0.1) is 11.8 Å². The van der Waals surface area contributed by atoms with Crippen LogP contribution in [0.2, 0.25) is 0 Å². The number of carbonyl (C=O) groups excluding carboxylic acids is 1. The van der Waals surface area contributed by atoms with Gasteiger partial charge in [-0.05, 0) is 18.4 Å². The van der Waals surface area contributed by atoms with Crippen molar-refractivity contribution in [2.45, 2.75) is 25.5 Å². The molecule has 0 spiro atoms. The summed E-state index contributed by atoms with van der Waals surface area (Å²) in [5.41, 5.74) is 7.22.